The number of carbonyl (C=O) groups is 1. The van der Waals surface area contributed by atoms with Crippen molar-refractivity contribution < 1.29 is 22.7 Å². The lowest BCUT2D eigenvalue weighted by Gasteiger charge is -2.21. The summed E-state index contributed by atoms with van der Waals surface area (Å²) >= 11 is 3.29. The molecular formula is C13H19BrN2O5S. The molecule has 0 heterocycles. The van der Waals surface area contributed by atoms with Gasteiger partial charge in [0.1, 0.15) is 16.4 Å². The van der Waals surface area contributed by atoms with Crippen LogP contribution in [0.2, 0.25) is 0 Å². The molecule has 1 rings (SSSR count). The first-order valence-corrected chi connectivity index (χ1v) is 8.54. The number of ether oxygens (including phenoxy) is 2. The van der Waals surface area contributed by atoms with E-state index in [0.717, 1.165) is 4.31 Å². The van der Waals surface area contributed by atoms with Gasteiger partial charge < -0.3 is 14.4 Å². The van der Waals surface area contributed by atoms with Gasteiger partial charge in [-0.25, -0.2) is 8.42 Å². The smallest absolute Gasteiger partial charge is 0.246 e. The first-order valence-electron chi connectivity index (χ1n) is 6.31. The summed E-state index contributed by atoms with van der Waals surface area (Å²) < 4.78 is 37.4. The second-order valence-corrected chi connectivity index (χ2v) is 7.42. The van der Waals surface area contributed by atoms with Crippen LogP contribution in [-0.2, 0) is 14.8 Å². The van der Waals surface area contributed by atoms with Crippen molar-refractivity contribution in [3.63, 3.8) is 0 Å². The van der Waals surface area contributed by atoms with E-state index in [1.807, 2.05) is 0 Å². The molecular weight excluding hydrogens is 376 g/mol. The van der Waals surface area contributed by atoms with Gasteiger partial charge in [-0.2, -0.15) is 4.31 Å². The number of nitrogens with zero attached hydrogens (tertiary/aromatic N) is 2. The maximum atomic E-state index is 12.7. The molecule has 1 aromatic carbocycles. The summed E-state index contributed by atoms with van der Waals surface area (Å²) in [5, 5.41) is 0. The van der Waals surface area contributed by atoms with Crippen LogP contribution >= 0.6 is 15.9 Å². The number of halogens is 1. The van der Waals surface area contributed by atoms with Crippen molar-refractivity contribution in [2.75, 3.05) is 41.4 Å². The van der Waals surface area contributed by atoms with Gasteiger partial charge in [0, 0.05) is 33.3 Å². The second-order valence-electron chi connectivity index (χ2n) is 4.55. The van der Waals surface area contributed by atoms with Crippen molar-refractivity contribution in [2.24, 2.45) is 0 Å². The van der Waals surface area contributed by atoms with Crippen LogP contribution < -0.4 is 9.47 Å². The van der Waals surface area contributed by atoms with E-state index in [0.29, 0.717) is 16.6 Å². The van der Waals surface area contributed by atoms with Crippen molar-refractivity contribution in [1.82, 2.24) is 9.21 Å². The van der Waals surface area contributed by atoms with Gasteiger partial charge >= 0.3 is 0 Å². The van der Waals surface area contributed by atoms with E-state index in [4.69, 9.17) is 9.47 Å². The molecule has 0 N–H and O–H groups in total. The first kappa shape index (κ1) is 18.7. The van der Waals surface area contributed by atoms with Gasteiger partial charge in [-0.15, -0.1) is 0 Å². The number of rotatable bonds is 8. The Labute approximate surface area is 139 Å². The van der Waals surface area contributed by atoms with Crippen LogP contribution in [0.4, 0.5) is 0 Å². The summed E-state index contributed by atoms with van der Waals surface area (Å²) in [5.41, 5.74) is 0. The molecule has 9 heteroatoms. The number of likely N-dealkylation sites (N-methyl/N-ethyl adjacent to an activating group) is 2. The van der Waals surface area contributed by atoms with E-state index in [1.165, 1.54) is 38.3 Å². The lowest BCUT2D eigenvalue weighted by atomic mass is 10.3. The molecule has 0 aliphatic rings. The summed E-state index contributed by atoms with van der Waals surface area (Å²) in [5.74, 6) is 0.598. The zero-order valence-electron chi connectivity index (χ0n) is 12.9. The fourth-order valence-corrected chi connectivity index (χ4v) is 3.47. The Hall–Kier alpha value is -1.32. The Morgan fingerprint density at radius 2 is 1.73 bits per heavy atom. The van der Waals surface area contributed by atoms with E-state index in [1.54, 1.807) is 7.05 Å². The van der Waals surface area contributed by atoms with E-state index >= 15 is 0 Å². The Morgan fingerprint density at radius 1 is 1.14 bits per heavy atom. The van der Waals surface area contributed by atoms with Gasteiger partial charge in [0.25, 0.3) is 0 Å². The van der Waals surface area contributed by atoms with Gasteiger partial charge in [-0.1, -0.05) is 0 Å². The highest BCUT2D eigenvalue weighted by Gasteiger charge is 2.26. The monoisotopic (exact) mass is 394 g/mol. The molecule has 0 saturated carbocycles. The topological polar surface area (TPSA) is 76.2 Å². The lowest BCUT2D eigenvalue weighted by Crippen LogP contribution is -2.34. The Kier molecular flexibility index (Phi) is 6.64. The summed E-state index contributed by atoms with van der Waals surface area (Å²) in [6, 6.07) is 2.94. The zero-order valence-corrected chi connectivity index (χ0v) is 15.3. The van der Waals surface area contributed by atoms with Crippen LogP contribution in [0.5, 0.6) is 11.5 Å². The zero-order chi connectivity index (χ0) is 16.9. The summed E-state index contributed by atoms with van der Waals surface area (Å²) in [6.45, 7) is 0.453. The SMILES string of the molecule is COc1cc(S(=O)(=O)N(C)CCN(C)C=O)c(OC)cc1Br. The summed E-state index contributed by atoms with van der Waals surface area (Å²) in [7, 11) is 2.10. The van der Waals surface area contributed by atoms with Crippen molar-refractivity contribution in [3.8, 4) is 11.5 Å². The average Bonchev–Trinajstić information content (AvgIpc) is 2.51. The predicted molar refractivity (Wildman–Crippen MR) is 85.8 cm³/mol. The average molecular weight is 395 g/mol. The van der Waals surface area contributed by atoms with Crippen molar-refractivity contribution in [2.45, 2.75) is 4.90 Å². The van der Waals surface area contributed by atoms with Crippen LogP contribution in [0.15, 0.2) is 21.5 Å². The number of sulfonamides is 1. The first-order chi connectivity index (χ1) is 10.3. The van der Waals surface area contributed by atoms with E-state index in [9.17, 15) is 13.2 Å². The number of hydrogen-bond donors (Lipinski definition) is 0. The minimum Gasteiger partial charge on any atom is -0.496 e. The molecule has 0 fully saturated rings. The third-order valence-corrected chi connectivity index (χ3v) is 5.57. The molecule has 0 unspecified atom stereocenters. The molecule has 0 aliphatic carbocycles. The summed E-state index contributed by atoms with van der Waals surface area (Å²) in [6.07, 6.45) is 0.643. The molecule has 0 aromatic heterocycles. The van der Waals surface area contributed by atoms with Crippen molar-refractivity contribution >= 4 is 32.4 Å². The fraction of sp³-hybridized carbons (Fsp3) is 0.462. The standard InChI is InChI=1S/C13H19BrN2O5S/c1-15(9-17)5-6-16(2)22(18,19)13-8-11(20-3)10(14)7-12(13)21-4/h7-9H,5-6H2,1-4H3. The van der Waals surface area contributed by atoms with Crippen LogP contribution in [0, 0.1) is 0 Å². The van der Waals surface area contributed by atoms with Gasteiger partial charge in [-0.3, -0.25) is 4.79 Å². The fourth-order valence-electron chi connectivity index (χ4n) is 1.67. The molecule has 124 valence electrons. The Balaban J connectivity index is 3.18. The highest BCUT2D eigenvalue weighted by atomic mass is 79.9. The largest absolute Gasteiger partial charge is 0.496 e. The van der Waals surface area contributed by atoms with Gasteiger partial charge in [0.15, 0.2) is 0 Å². The molecule has 7 nitrogen and oxygen atoms in total. The molecule has 0 saturated heterocycles. The molecule has 0 atom stereocenters. The van der Waals surface area contributed by atoms with Gasteiger partial charge in [-0.05, 0) is 22.0 Å². The highest BCUT2D eigenvalue weighted by Crippen LogP contribution is 2.36. The number of methoxy groups -OCH3 is 2. The number of carbonyl (C=O) groups excluding carboxylic acids is 1. The van der Waals surface area contributed by atoms with E-state index in [2.05, 4.69) is 15.9 Å². The van der Waals surface area contributed by atoms with Crippen LogP contribution in [0.1, 0.15) is 0 Å². The molecule has 0 radical (unpaired) electrons. The second kappa shape index (κ2) is 7.80. The van der Waals surface area contributed by atoms with Crippen molar-refractivity contribution in [3.05, 3.63) is 16.6 Å². The van der Waals surface area contributed by atoms with Gasteiger partial charge in [0.05, 0.1) is 18.7 Å². The van der Waals surface area contributed by atoms with Crippen molar-refractivity contribution in [1.29, 1.82) is 0 Å². The van der Waals surface area contributed by atoms with E-state index in [-0.39, 0.29) is 23.7 Å². The van der Waals surface area contributed by atoms with Crippen LogP contribution in [0.3, 0.4) is 0 Å². The normalized spacial score (nSPS) is 11.4. The maximum Gasteiger partial charge on any atom is 0.246 e. The van der Waals surface area contributed by atoms with Crippen LogP contribution in [-0.4, -0.2) is 65.4 Å². The lowest BCUT2D eigenvalue weighted by molar-refractivity contribution is -0.117. The third-order valence-electron chi connectivity index (χ3n) is 3.07. The molecule has 0 bridgehead atoms. The molecule has 0 spiro atoms. The molecule has 22 heavy (non-hydrogen) atoms. The minimum atomic E-state index is -3.77. The maximum absolute atomic E-state index is 12.7. The summed E-state index contributed by atoms with van der Waals surface area (Å²) in [4.78, 5) is 11.9. The number of benzene rings is 1. The number of amides is 1. The highest BCUT2D eigenvalue weighted by molar-refractivity contribution is 9.10. The minimum absolute atomic E-state index is 0.00584. The Morgan fingerprint density at radius 3 is 2.23 bits per heavy atom. The molecule has 1 amide bonds. The molecule has 0 aliphatic heterocycles. The third kappa shape index (κ3) is 4.11. The number of hydrogen-bond acceptors (Lipinski definition) is 5. The van der Waals surface area contributed by atoms with Gasteiger partial charge in [0.2, 0.25) is 16.4 Å². The molecule has 1 aromatic rings. The van der Waals surface area contributed by atoms with Crippen LogP contribution in [0.25, 0.3) is 0 Å². The predicted octanol–water partition coefficient (Wildman–Crippen LogP) is 1.17. The Bertz CT molecular complexity index is 636. The quantitative estimate of drug-likeness (QED) is 0.618. The van der Waals surface area contributed by atoms with E-state index < -0.39 is 10.0 Å².